The molecule has 0 spiro atoms. The molecule has 6 heteroatoms. The maximum atomic E-state index is 13.7. The van der Waals surface area contributed by atoms with Crippen LogP contribution < -0.4 is 5.32 Å². The molecule has 1 aliphatic rings. The second-order valence-electron chi connectivity index (χ2n) is 4.68. The number of benzene rings is 1. The van der Waals surface area contributed by atoms with Gasteiger partial charge in [-0.25, -0.2) is 9.37 Å². The molecule has 100 valence electrons. The molecule has 4 nitrogen and oxygen atoms in total. The quantitative estimate of drug-likeness (QED) is 0.877. The molecule has 1 unspecified atom stereocenters. The average molecular weight is 282 g/mol. The zero-order chi connectivity index (χ0) is 13.4. The van der Waals surface area contributed by atoms with E-state index in [-0.39, 0.29) is 23.6 Å². The monoisotopic (exact) mass is 281 g/mol. The lowest BCUT2D eigenvalue weighted by Crippen LogP contribution is -2.30. The Morgan fingerprint density at radius 1 is 1.53 bits per heavy atom. The van der Waals surface area contributed by atoms with E-state index in [0.717, 1.165) is 11.9 Å². The summed E-state index contributed by atoms with van der Waals surface area (Å²) in [6.45, 7) is 0.577. The third-order valence-corrected chi connectivity index (χ3v) is 3.66. The molecule has 3 rings (SSSR count). The molecule has 19 heavy (non-hydrogen) atoms. The highest BCUT2D eigenvalue weighted by Crippen LogP contribution is 2.22. The first kappa shape index (κ1) is 12.4. The molecule has 1 aromatic heterocycles. The molecule has 2 heterocycles. The van der Waals surface area contributed by atoms with Crippen LogP contribution in [0.3, 0.4) is 0 Å². The Labute approximate surface area is 114 Å². The Morgan fingerprint density at radius 3 is 3.05 bits per heavy atom. The van der Waals surface area contributed by atoms with Crippen LogP contribution in [0.25, 0.3) is 11.0 Å². The fraction of sp³-hybridized carbons (Fsp3) is 0.385. The minimum atomic E-state index is -0.349. The molecule has 1 aromatic carbocycles. The molecule has 0 aliphatic carbocycles. The van der Waals surface area contributed by atoms with Crippen molar-refractivity contribution in [3.8, 4) is 0 Å². The van der Waals surface area contributed by atoms with E-state index in [4.69, 9.17) is 11.6 Å². The van der Waals surface area contributed by atoms with Crippen molar-refractivity contribution >= 4 is 28.5 Å². The number of alkyl halides is 1. The van der Waals surface area contributed by atoms with Gasteiger partial charge in [-0.2, -0.15) is 0 Å². The second-order valence-corrected chi connectivity index (χ2v) is 4.95. The summed E-state index contributed by atoms with van der Waals surface area (Å²) in [5, 5.41) is 2.90. The van der Waals surface area contributed by atoms with Crippen LogP contribution in [-0.4, -0.2) is 21.5 Å². The topological polar surface area (TPSA) is 46.9 Å². The van der Waals surface area contributed by atoms with Crippen LogP contribution in [0.1, 0.15) is 18.7 Å². The number of hydrogen-bond donors (Lipinski definition) is 1. The standard InChI is InChI=1S/C13H13ClFN3O/c14-6-11-17-13-9(15)2-1-3-10(13)18(11)7-8-4-5-12(19)16-8/h1-3,8H,4-7H2,(H,16,19). The van der Waals surface area contributed by atoms with Crippen LogP contribution in [0.4, 0.5) is 4.39 Å². The number of carbonyl (C=O) groups is 1. The van der Waals surface area contributed by atoms with E-state index in [0.29, 0.717) is 24.3 Å². The summed E-state index contributed by atoms with van der Waals surface area (Å²) in [4.78, 5) is 15.5. The third kappa shape index (κ3) is 2.18. The Hall–Kier alpha value is -1.62. The lowest BCUT2D eigenvalue weighted by atomic mass is 10.2. The summed E-state index contributed by atoms with van der Waals surface area (Å²) in [5.41, 5.74) is 1.05. The van der Waals surface area contributed by atoms with Gasteiger partial charge in [-0.3, -0.25) is 4.79 Å². The van der Waals surface area contributed by atoms with Crippen LogP contribution in [0.5, 0.6) is 0 Å². The summed E-state index contributed by atoms with van der Waals surface area (Å²) >= 11 is 5.88. The Morgan fingerprint density at radius 2 is 2.37 bits per heavy atom. The van der Waals surface area contributed by atoms with Crippen LogP contribution >= 0.6 is 11.6 Å². The maximum Gasteiger partial charge on any atom is 0.220 e. The van der Waals surface area contributed by atoms with E-state index >= 15 is 0 Å². The number of halogens is 2. The van der Waals surface area contributed by atoms with E-state index < -0.39 is 0 Å². The van der Waals surface area contributed by atoms with E-state index in [9.17, 15) is 9.18 Å². The van der Waals surface area contributed by atoms with Crippen molar-refractivity contribution in [1.29, 1.82) is 0 Å². The number of hydrogen-bond acceptors (Lipinski definition) is 2. The van der Waals surface area contributed by atoms with E-state index in [1.165, 1.54) is 6.07 Å². The minimum absolute atomic E-state index is 0.0630. The van der Waals surface area contributed by atoms with E-state index in [2.05, 4.69) is 10.3 Å². The predicted molar refractivity (Wildman–Crippen MR) is 70.4 cm³/mol. The first-order valence-corrected chi connectivity index (χ1v) is 6.71. The van der Waals surface area contributed by atoms with Gasteiger partial charge in [0.05, 0.1) is 11.4 Å². The van der Waals surface area contributed by atoms with Gasteiger partial charge in [-0.05, 0) is 18.6 Å². The number of nitrogens with one attached hydrogen (secondary N) is 1. The maximum absolute atomic E-state index is 13.7. The highest BCUT2D eigenvalue weighted by atomic mass is 35.5. The molecular formula is C13H13ClFN3O. The second kappa shape index (κ2) is 4.81. The number of aromatic nitrogens is 2. The molecule has 1 saturated heterocycles. The Bertz CT molecular complexity index is 640. The van der Waals surface area contributed by atoms with Gasteiger partial charge in [0.1, 0.15) is 11.3 Å². The summed E-state index contributed by atoms with van der Waals surface area (Å²) in [6.07, 6.45) is 1.33. The SMILES string of the molecule is O=C1CCC(Cn2c(CCl)nc3c(F)cccc32)N1. The first-order chi connectivity index (χ1) is 9.19. The van der Waals surface area contributed by atoms with Crippen LogP contribution in [-0.2, 0) is 17.2 Å². The molecular weight excluding hydrogens is 269 g/mol. The van der Waals surface area contributed by atoms with Crippen molar-refractivity contribution in [3.63, 3.8) is 0 Å². The van der Waals surface area contributed by atoms with Gasteiger partial charge in [0, 0.05) is 19.0 Å². The Kier molecular flexibility index (Phi) is 3.14. The third-order valence-electron chi connectivity index (χ3n) is 3.42. The van der Waals surface area contributed by atoms with Crippen LogP contribution in [0, 0.1) is 5.82 Å². The summed E-state index contributed by atoms with van der Waals surface area (Å²) in [6, 6.07) is 4.92. The van der Waals surface area contributed by atoms with Crippen molar-refractivity contribution in [2.24, 2.45) is 0 Å². The number of amides is 1. The van der Waals surface area contributed by atoms with Gasteiger partial charge in [-0.15, -0.1) is 11.6 Å². The highest BCUT2D eigenvalue weighted by molar-refractivity contribution is 6.16. The molecule has 2 aromatic rings. The van der Waals surface area contributed by atoms with Crippen molar-refractivity contribution in [1.82, 2.24) is 14.9 Å². The molecule has 1 amide bonds. The van der Waals surface area contributed by atoms with E-state index in [1.54, 1.807) is 6.07 Å². The smallest absolute Gasteiger partial charge is 0.220 e. The largest absolute Gasteiger partial charge is 0.352 e. The minimum Gasteiger partial charge on any atom is -0.352 e. The molecule has 0 radical (unpaired) electrons. The number of imidazole rings is 1. The zero-order valence-electron chi connectivity index (χ0n) is 10.2. The highest BCUT2D eigenvalue weighted by Gasteiger charge is 2.23. The van der Waals surface area contributed by atoms with Gasteiger partial charge in [0.15, 0.2) is 5.82 Å². The van der Waals surface area contributed by atoms with Gasteiger partial charge < -0.3 is 9.88 Å². The molecule has 1 atom stereocenters. The van der Waals surface area contributed by atoms with Gasteiger partial charge in [0.2, 0.25) is 5.91 Å². The predicted octanol–water partition coefficient (Wildman–Crippen LogP) is 2.19. The van der Waals surface area contributed by atoms with Gasteiger partial charge >= 0.3 is 0 Å². The molecule has 1 N–H and O–H groups in total. The average Bonchev–Trinajstić information content (AvgIpc) is 2.96. The summed E-state index contributed by atoms with van der Waals surface area (Å²) in [5.74, 6) is 0.559. The van der Waals surface area contributed by atoms with Crippen LogP contribution in [0.2, 0.25) is 0 Å². The molecule has 1 fully saturated rings. The lowest BCUT2D eigenvalue weighted by molar-refractivity contribution is -0.119. The molecule has 0 bridgehead atoms. The fourth-order valence-electron chi connectivity index (χ4n) is 2.50. The molecule has 0 saturated carbocycles. The van der Waals surface area contributed by atoms with Crippen molar-refractivity contribution in [3.05, 3.63) is 29.8 Å². The number of nitrogens with zero attached hydrogens (tertiary/aromatic N) is 2. The van der Waals surface area contributed by atoms with E-state index in [1.807, 2.05) is 10.6 Å². The Balaban J connectivity index is 2.01. The first-order valence-electron chi connectivity index (χ1n) is 6.18. The normalized spacial score (nSPS) is 19.1. The van der Waals surface area contributed by atoms with Gasteiger partial charge in [-0.1, -0.05) is 6.07 Å². The number of fused-ring (bicyclic) bond motifs is 1. The van der Waals surface area contributed by atoms with Crippen molar-refractivity contribution in [2.45, 2.75) is 31.3 Å². The number of rotatable bonds is 3. The summed E-state index contributed by atoms with van der Waals surface area (Å²) in [7, 11) is 0. The zero-order valence-corrected chi connectivity index (χ0v) is 11.0. The van der Waals surface area contributed by atoms with Crippen molar-refractivity contribution < 1.29 is 9.18 Å². The van der Waals surface area contributed by atoms with Crippen molar-refractivity contribution in [2.75, 3.05) is 0 Å². The lowest BCUT2D eigenvalue weighted by Gasteiger charge is -2.13. The summed E-state index contributed by atoms with van der Waals surface area (Å²) < 4.78 is 15.6. The van der Waals surface area contributed by atoms with Gasteiger partial charge in [0.25, 0.3) is 0 Å². The fourth-order valence-corrected chi connectivity index (χ4v) is 2.71. The number of para-hydroxylation sites is 1. The van der Waals surface area contributed by atoms with Crippen LogP contribution in [0.15, 0.2) is 18.2 Å². The molecule has 1 aliphatic heterocycles. The number of carbonyl (C=O) groups excluding carboxylic acids is 1.